The van der Waals surface area contributed by atoms with Crippen molar-refractivity contribution < 1.29 is 24.6 Å². The zero-order chi connectivity index (χ0) is 16.9. The summed E-state index contributed by atoms with van der Waals surface area (Å²) in [6.45, 7) is 4.21. The van der Waals surface area contributed by atoms with Crippen molar-refractivity contribution in [3.63, 3.8) is 0 Å². The van der Waals surface area contributed by atoms with Gasteiger partial charge in [0.05, 0.1) is 6.42 Å². The van der Waals surface area contributed by atoms with Crippen LogP contribution < -0.4 is 5.32 Å². The van der Waals surface area contributed by atoms with Crippen molar-refractivity contribution in [2.45, 2.75) is 32.9 Å². The van der Waals surface area contributed by atoms with Crippen LogP contribution in [0.5, 0.6) is 0 Å². The lowest BCUT2D eigenvalue weighted by molar-refractivity contribution is -0.145. The standard InChI is InChI=1S/C15H20N2O5/c1-9-5-4-6-11(10(9)2)8-17(3)15(22)16-12(14(20)21)7-13(18)19/h4-6,12H,7-8H2,1-3H3,(H,16,22)(H,18,19)(H,20,21)/t12-/m0/s1. The maximum atomic E-state index is 12.0. The molecule has 1 aromatic rings. The predicted molar refractivity (Wildman–Crippen MR) is 79.6 cm³/mol. The average Bonchev–Trinajstić information content (AvgIpc) is 2.42. The molecule has 7 nitrogen and oxygen atoms in total. The van der Waals surface area contributed by atoms with Crippen LogP contribution in [0.1, 0.15) is 23.1 Å². The summed E-state index contributed by atoms with van der Waals surface area (Å²) in [7, 11) is 1.52. The lowest BCUT2D eigenvalue weighted by Gasteiger charge is -2.22. The van der Waals surface area contributed by atoms with Crippen molar-refractivity contribution in [3.8, 4) is 0 Å². The van der Waals surface area contributed by atoms with Crippen LogP contribution in [0.3, 0.4) is 0 Å². The minimum Gasteiger partial charge on any atom is -0.481 e. The van der Waals surface area contributed by atoms with Crippen molar-refractivity contribution in [3.05, 3.63) is 34.9 Å². The Labute approximate surface area is 128 Å². The third-order valence-corrected chi connectivity index (χ3v) is 3.45. The monoisotopic (exact) mass is 308 g/mol. The molecule has 22 heavy (non-hydrogen) atoms. The summed E-state index contributed by atoms with van der Waals surface area (Å²) in [4.78, 5) is 34.9. The zero-order valence-electron chi connectivity index (χ0n) is 12.8. The van der Waals surface area contributed by atoms with E-state index in [1.165, 1.54) is 11.9 Å². The molecule has 0 bridgehead atoms. The highest BCUT2D eigenvalue weighted by molar-refractivity contribution is 5.86. The highest BCUT2D eigenvalue weighted by atomic mass is 16.4. The maximum Gasteiger partial charge on any atom is 0.326 e. The Bertz CT molecular complexity index is 585. The van der Waals surface area contributed by atoms with E-state index in [1.807, 2.05) is 32.0 Å². The number of nitrogens with one attached hydrogen (secondary N) is 1. The fourth-order valence-corrected chi connectivity index (χ4v) is 1.94. The van der Waals surface area contributed by atoms with Gasteiger partial charge in [0.2, 0.25) is 0 Å². The summed E-state index contributed by atoms with van der Waals surface area (Å²) in [6, 6.07) is 3.65. The first-order valence-electron chi connectivity index (χ1n) is 6.73. The van der Waals surface area contributed by atoms with Gasteiger partial charge in [-0.05, 0) is 30.5 Å². The van der Waals surface area contributed by atoms with Crippen LogP contribution in [-0.2, 0) is 16.1 Å². The molecule has 2 amide bonds. The van der Waals surface area contributed by atoms with Gasteiger partial charge in [-0.1, -0.05) is 18.2 Å². The van der Waals surface area contributed by atoms with Gasteiger partial charge in [0.25, 0.3) is 0 Å². The van der Waals surface area contributed by atoms with E-state index < -0.39 is 30.4 Å². The Morgan fingerprint density at radius 1 is 1.23 bits per heavy atom. The molecule has 0 aliphatic carbocycles. The molecular weight excluding hydrogens is 288 g/mol. The van der Waals surface area contributed by atoms with E-state index in [4.69, 9.17) is 10.2 Å². The summed E-state index contributed by atoms with van der Waals surface area (Å²) in [5, 5.41) is 19.8. The van der Waals surface area contributed by atoms with Crippen molar-refractivity contribution in [1.29, 1.82) is 0 Å². The van der Waals surface area contributed by atoms with E-state index in [9.17, 15) is 14.4 Å². The molecule has 0 spiro atoms. The van der Waals surface area contributed by atoms with Gasteiger partial charge in [-0.3, -0.25) is 4.79 Å². The van der Waals surface area contributed by atoms with Crippen LogP contribution in [0, 0.1) is 13.8 Å². The number of carboxylic acid groups (broad SMARTS) is 2. The summed E-state index contributed by atoms with van der Waals surface area (Å²) >= 11 is 0. The van der Waals surface area contributed by atoms with Crippen molar-refractivity contribution >= 4 is 18.0 Å². The topological polar surface area (TPSA) is 107 Å². The molecule has 0 fully saturated rings. The Morgan fingerprint density at radius 3 is 2.41 bits per heavy atom. The predicted octanol–water partition coefficient (Wildman–Crippen LogP) is 1.37. The molecule has 1 atom stereocenters. The van der Waals surface area contributed by atoms with E-state index in [1.54, 1.807) is 0 Å². The largest absolute Gasteiger partial charge is 0.481 e. The molecule has 1 rings (SSSR count). The lowest BCUT2D eigenvalue weighted by atomic mass is 10.0. The lowest BCUT2D eigenvalue weighted by Crippen LogP contribution is -2.47. The first-order valence-corrected chi connectivity index (χ1v) is 6.73. The van der Waals surface area contributed by atoms with E-state index in [0.717, 1.165) is 16.7 Å². The molecule has 0 saturated heterocycles. The van der Waals surface area contributed by atoms with Crippen LogP contribution in [0.2, 0.25) is 0 Å². The Balaban J connectivity index is 2.74. The molecular formula is C15H20N2O5. The second kappa shape index (κ2) is 7.44. The van der Waals surface area contributed by atoms with E-state index in [-0.39, 0.29) is 0 Å². The molecule has 120 valence electrons. The first kappa shape index (κ1) is 17.5. The van der Waals surface area contributed by atoms with Gasteiger partial charge in [0, 0.05) is 13.6 Å². The number of amides is 2. The van der Waals surface area contributed by atoms with Crippen LogP contribution >= 0.6 is 0 Å². The van der Waals surface area contributed by atoms with Gasteiger partial charge >= 0.3 is 18.0 Å². The number of urea groups is 1. The summed E-state index contributed by atoms with van der Waals surface area (Å²) in [5.41, 5.74) is 3.10. The molecule has 0 aromatic heterocycles. The third-order valence-electron chi connectivity index (χ3n) is 3.45. The first-order chi connectivity index (χ1) is 10.2. The number of rotatable bonds is 6. The normalized spacial score (nSPS) is 11.6. The number of aryl methyl sites for hydroxylation is 1. The molecule has 0 aliphatic rings. The summed E-state index contributed by atoms with van der Waals surface area (Å²) < 4.78 is 0. The van der Waals surface area contributed by atoms with Crippen molar-refractivity contribution in [2.24, 2.45) is 0 Å². The van der Waals surface area contributed by atoms with Gasteiger partial charge in [0.1, 0.15) is 6.04 Å². The highest BCUT2D eigenvalue weighted by Gasteiger charge is 2.24. The molecule has 0 saturated carbocycles. The van der Waals surface area contributed by atoms with E-state index in [2.05, 4.69) is 5.32 Å². The van der Waals surface area contributed by atoms with Gasteiger partial charge in [-0.25, -0.2) is 9.59 Å². The van der Waals surface area contributed by atoms with Crippen LogP contribution in [0.15, 0.2) is 18.2 Å². The number of nitrogens with zero attached hydrogens (tertiary/aromatic N) is 1. The minimum absolute atomic E-state index is 0.304. The second-order valence-corrected chi connectivity index (χ2v) is 5.15. The third kappa shape index (κ3) is 4.76. The Hall–Kier alpha value is -2.57. The Kier molecular flexibility index (Phi) is 5.91. The fourth-order valence-electron chi connectivity index (χ4n) is 1.94. The van der Waals surface area contributed by atoms with Gasteiger partial charge in [0.15, 0.2) is 0 Å². The molecule has 7 heteroatoms. The second-order valence-electron chi connectivity index (χ2n) is 5.15. The van der Waals surface area contributed by atoms with Crippen molar-refractivity contribution in [1.82, 2.24) is 10.2 Å². The molecule has 3 N–H and O–H groups in total. The summed E-state index contributed by atoms with van der Waals surface area (Å²) in [6.07, 6.45) is -0.668. The number of hydrogen-bond acceptors (Lipinski definition) is 3. The SMILES string of the molecule is Cc1cccc(CN(C)C(=O)N[C@@H](CC(=O)O)C(=O)O)c1C. The molecule has 0 aliphatic heterocycles. The molecule has 1 aromatic carbocycles. The number of carbonyl (C=O) groups is 3. The highest BCUT2D eigenvalue weighted by Crippen LogP contribution is 2.14. The number of hydrogen-bond donors (Lipinski definition) is 3. The smallest absolute Gasteiger partial charge is 0.326 e. The zero-order valence-corrected chi connectivity index (χ0v) is 12.8. The number of carboxylic acids is 2. The van der Waals surface area contributed by atoms with Gasteiger partial charge in [-0.2, -0.15) is 0 Å². The summed E-state index contributed by atoms with van der Waals surface area (Å²) in [5.74, 6) is -2.67. The maximum absolute atomic E-state index is 12.0. The minimum atomic E-state index is -1.45. The van der Waals surface area contributed by atoms with E-state index in [0.29, 0.717) is 6.54 Å². The van der Waals surface area contributed by atoms with Crippen molar-refractivity contribution in [2.75, 3.05) is 7.05 Å². The number of carbonyl (C=O) groups excluding carboxylic acids is 1. The molecule has 0 radical (unpaired) electrons. The van der Waals surface area contributed by atoms with Crippen LogP contribution in [0.4, 0.5) is 4.79 Å². The number of aliphatic carboxylic acids is 2. The molecule has 0 unspecified atom stereocenters. The number of benzene rings is 1. The van der Waals surface area contributed by atoms with Crippen LogP contribution in [-0.4, -0.2) is 46.2 Å². The fraction of sp³-hybridized carbons (Fsp3) is 0.400. The quantitative estimate of drug-likeness (QED) is 0.736. The van der Waals surface area contributed by atoms with Gasteiger partial charge < -0.3 is 20.4 Å². The van der Waals surface area contributed by atoms with E-state index >= 15 is 0 Å². The van der Waals surface area contributed by atoms with Gasteiger partial charge in [-0.15, -0.1) is 0 Å². The Morgan fingerprint density at radius 2 is 1.86 bits per heavy atom. The molecule has 0 heterocycles. The average molecular weight is 308 g/mol. The van der Waals surface area contributed by atoms with Crippen LogP contribution in [0.25, 0.3) is 0 Å².